The third-order valence-corrected chi connectivity index (χ3v) is 2.06. The Hall–Kier alpha value is -1.32. The summed E-state index contributed by atoms with van der Waals surface area (Å²) in [6, 6.07) is 0. The van der Waals surface area contributed by atoms with Crippen LogP contribution in [-0.4, -0.2) is 18.1 Å². The Morgan fingerprint density at radius 2 is 2.23 bits per heavy atom. The summed E-state index contributed by atoms with van der Waals surface area (Å²) < 4.78 is 4.98. The summed E-state index contributed by atoms with van der Waals surface area (Å²) >= 11 is 0. The number of nitrogens with one attached hydrogen (secondary N) is 1. The fourth-order valence-electron chi connectivity index (χ4n) is 1.22. The van der Waals surface area contributed by atoms with E-state index in [1.165, 1.54) is 0 Å². The molecule has 0 aromatic carbocycles. The van der Waals surface area contributed by atoms with E-state index in [0.29, 0.717) is 12.8 Å². The van der Waals surface area contributed by atoms with Gasteiger partial charge in [-0.2, -0.15) is 0 Å². The van der Waals surface area contributed by atoms with E-state index in [-0.39, 0.29) is 5.91 Å². The van der Waals surface area contributed by atoms with E-state index in [1.54, 1.807) is 7.05 Å². The Kier molecular flexibility index (Phi) is 3.06. The van der Waals surface area contributed by atoms with Gasteiger partial charge in [0.05, 0.1) is 5.69 Å². The second kappa shape index (κ2) is 4.07. The molecule has 0 bridgehead atoms. The molecular weight excluding hydrogens is 168 g/mol. The lowest BCUT2D eigenvalue weighted by Crippen LogP contribution is -2.18. The second-order valence-electron chi connectivity index (χ2n) is 2.98. The summed E-state index contributed by atoms with van der Waals surface area (Å²) in [4.78, 5) is 11.0. The van der Waals surface area contributed by atoms with Crippen molar-refractivity contribution >= 4 is 5.91 Å². The zero-order valence-electron chi connectivity index (χ0n) is 8.18. The van der Waals surface area contributed by atoms with E-state index in [1.807, 2.05) is 13.8 Å². The quantitative estimate of drug-likeness (QED) is 0.757. The molecule has 0 aliphatic heterocycles. The Balaban J connectivity index is 2.58. The summed E-state index contributed by atoms with van der Waals surface area (Å²) in [6.45, 7) is 3.74. The Labute approximate surface area is 77.3 Å². The average molecular weight is 182 g/mol. The fraction of sp³-hybridized carbons (Fsp3) is 0.556. The smallest absolute Gasteiger partial charge is 0.220 e. The van der Waals surface area contributed by atoms with Gasteiger partial charge in [-0.15, -0.1) is 0 Å². The molecule has 1 aromatic rings. The Bertz CT molecular complexity index is 285. The molecule has 1 heterocycles. The molecule has 0 radical (unpaired) electrons. The van der Waals surface area contributed by atoms with Crippen LogP contribution < -0.4 is 5.32 Å². The number of hydrogen-bond acceptors (Lipinski definition) is 3. The van der Waals surface area contributed by atoms with Gasteiger partial charge >= 0.3 is 0 Å². The van der Waals surface area contributed by atoms with E-state index in [2.05, 4.69) is 10.5 Å². The molecule has 0 saturated carbocycles. The topological polar surface area (TPSA) is 55.1 Å². The number of aromatic nitrogens is 1. The summed E-state index contributed by atoms with van der Waals surface area (Å²) in [5.41, 5.74) is 1.92. The van der Waals surface area contributed by atoms with Gasteiger partial charge in [0.25, 0.3) is 0 Å². The molecule has 0 aliphatic rings. The minimum absolute atomic E-state index is 0.0417. The predicted molar refractivity (Wildman–Crippen MR) is 48.4 cm³/mol. The molecule has 72 valence electrons. The van der Waals surface area contributed by atoms with Gasteiger partial charge in [0.15, 0.2) is 0 Å². The molecule has 1 N–H and O–H groups in total. The molecule has 1 rings (SSSR count). The van der Waals surface area contributed by atoms with Crippen molar-refractivity contribution in [1.82, 2.24) is 10.5 Å². The molecule has 0 aliphatic carbocycles. The molecular formula is C9H14N2O2. The first-order chi connectivity index (χ1) is 6.15. The number of nitrogens with zero attached hydrogens (tertiary/aromatic N) is 1. The van der Waals surface area contributed by atoms with Crippen LogP contribution in [0.3, 0.4) is 0 Å². The molecule has 4 heteroatoms. The SMILES string of the molecule is CNC(=O)CCc1c(C)noc1C. The van der Waals surface area contributed by atoms with Gasteiger partial charge in [-0.3, -0.25) is 4.79 Å². The summed E-state index contributed by atoms with van der Waals surface area (Å²) in [5, 5.41) is 6.39. The largest absolute Gasteiger partial charge is 0.361 e. The summed E-state index contributed by atoms with van der Waals surface area (Å²) in [6.07, 6.45) is 1.18. The van der Waals surface area contributed by atoms with Gasteiger partial charge in [-0.1, -0.05) is 5.16 Å². The third kappa shape index (κ3) is 2.31. The van der Waals surface area contributed by atoms with Crippen LogP contribution in [0.25, 0.3) is 0 Å². The van der Waals surface area contributed by atoms with Gasteiger partial charge < -0.3 is 9.84 Å². The van der Waals surface area contributed by atoms with E-state index >= 15 is 0 Å². The third-order valence-electron chi connectivity index (χ3n) is 2.06. The first-order valence-electron chi connectivity index (χ1n) is 4.27. The lowest BCUT2D eigenvalue weighted by molar-refractivity contribution is -0.120. The normalized spacial score (nSPS) is 10.1. The molecule has 1 amide bonds. The number of amides is 1. The fourth-order valence-corrected chi connectivity index (χ4v) is 1.22. The monoisotopic (exact) mass is 182 g/mol. The van der Waals surface area contributed by atoms with Gasteiger partial charge in [-0.25, -0.2) is 0 Å². The molecule has 0 spiro atoms. The van der Waals surface area contributed by atoms with Crippen molar-refractivity contribution in [2.24, 2.45) is 0 Å². The van der Waals surface area contributed by atoms with Gasteiger partial charge in [0.2, 0.25) is 5.91 Å². The van der Waals surface area contributed by atoms with E-state index in [0.717, 1.165) is 17.0 Å². The highest BCUT2D eigenvalue weighted by molar-refractivity contribution is 5.75. The van der Waals surface area contributed by atoms with Crippen molar-refractivity contribution in [3.05, 3.63) is 17.0 Å². The zero-order valence-corrected chi connectivity index (χ0v) is 8.18. The summed E-state index contributed by atoms with van der Waals surface area (Å²) in [7, 11) is 1.63. The predicted octanol–water partition coefficient (Wildman–Crippen LogP) is 0.970. The van der Waals surface area contributed by atoms with Crippen LogP contribution in [0.1, 0.15) is 23.4 Å². The highest BCUT2D eigenvalue weighted by Crippen LogP contribution is 2.13. The number of aryl methyl sites for hydroxylation is 2. The van der Waals surface area contributed by atoms with Crippen LogP contribution in [0.4, 0.5) is 0 Å². The minimum Gasteiger partial charge on any atom is -0.361 e. The molecule has 4 nitrogen and oxygen atoms in total. The molecule has 1 aromatic heterocycles. The maximum atomic E-state index is 11.0. The maximum absolute atomic E-state index is 11.0. The summed E-state index contributed by atoms with van der Waals surface area (Å²) in [5.74, 6) is 0.849. The number of rotatable bonds is 3. The zero-order chi connectivity index (χ0) is 9.84. The van der Waals surface area contributed by atoms with Gasteiger partial charge in [0.1, 0.15) is 5.76 Å². The van der Waals surface area contributed by atoms with Crippen molar-refractivity contribution in [2.45, 2.75) is 26.7 Å². The first-order valence-corrected chi connectivity index (χ1v) is 4.27. The molecule has 13 heavy (non-hydrogen) atoms. The van der Waals surface area contributed by atoms with E-state index < -0.39 is 0 Å². The second-order valence-corrected chi connectivity index (χ2v) is 2.98. The highest BCUT2D eigenvalue weighted by atomic mass is 16.5. The molecule has 0 fully saturated rings. The van der Waals surface area contributed by atoms with Gasteiger partial charge in [0, 0.05) is 19.0 Å². The number of hydrogen-bond donors (Lipinski definition) is 1. The van der Waals surface area contributed by atoms with Crippen LogP contribution >= 0.6 is 0 Å². The van der Waals surface area contributed by atoms with Crippen LogP contribution in [0, 0.1) is 13.8 Å². The van der Waals surface area contributed by atoms with Crippen molar-refractivity contribution in [1.29, 1.82) is 0 Å². The van der Waals surface area contributed by atoms with Crippen LogP contribution in [-0.2, 0) is 11.2 Å². The Morgan fingerprint density at radius 3 is 2.69 bits per heavy atom. The van der Waals surface area contributed by atoms with Crippen molar-refractivity contribution in [3.8, 4) is 0 Å². The standard InChI is InChI=1S/C9H14N2O2/c1-6-8(7(2)13-11-6)4-5-9(12)10-3/h4-5H2,1-3H3,(H,10,12). The average Bonchev–Trinajstić information content (AvgIpc) is 2.43. The minimum atomic E-state index is 0.0417. The number of carbonyl (C=O) groups excluding carboxylic acids is 1. The molecule has 0 atom stereocenters. The number of carbonyl (C=O) groups is 1. The maximum Gasteiger partial charge on any atom is 0.220 e. The van der Waals surface area contributed by atoms with E-state index in [4.69, 9.17) is 4.52 Å². The lowest BCUT2D eigenvalue weighted by atomic mass is 10.1. The van der Waals surface area contributed by atoms with Crippen molar-refractivity contribution in [3.63, 3.8) is 0 Å². The Morgan fingerprint density at radius 1 is 1.54 bits per heavy atom. The van der Waals surface area contributed by atoms with Crippen molar-refractivity contribution < 1.29 is 9.32 Å². The van der Waals surface area contributed by atoms with Crippen molar-refractivity contribution in [2.75, 3.05) is 7.05 Å². The van der Waals surface area contributed by atoms with E-state index in [9.17, 15) is 4.79 Å². The van der Waals surface area contributed by atoms with Crippen LogP contribution in [0.2, 0.25) is 0 Å². The molecule has 0 unspecified atom stereocenters. The van der Waals surface area contributed by atoms with Crippen LogP contribution in [0.15, 0.2) is 4.52 Å². The molecule has 0 saturated heterocycles. The lowest BCUT2D eigenvalue weighted by Gasteiger charge is -1.98. The van der Waals surface area contributed by atoms with Gasteiger partial charge in [-0.05, 0) is 20.3 Å². The first kappa shape index (κ1) is 9.77. The highest BCUT2D eigenvalue weighted by Gasteiger charge is 2.09. The van der Waals surface area contributed by atoms with Crippen LogP contribution in [0.5, 0.6) is 0 Å².